The minimum atomic E-state index is -5.08. The van der Waals surface area contributed by atoms with E-state index in [1.165, 1.54) is 0 Å². The van der Waals surface area contributed by atoms with Crippen LogP contribution in [-0.2, 0) is 17.8 Å². The molecule has 0 saturated carbocycles. The third-order valence-electron chi connectivity index (χ3n) is 5.56. The van der Waals surface area contributed by atoms with Crippen LogP contribution in [0.2, 0.25) is 0 Å². The molecule has 0 spiro atoms. The fraction of sp³-hybridized carbons (Fsp3) is 0.259. The standard InChI is InChI=1S/C25H25N3O4.C2HF3O2.H2O/c1-3-4-9-22-26-24-20(14-15-23(27-24)31-2)28(22)16-17-10-12-18(13-11-17)19-7-5-6-8-21(19)32-25(29)30;3-2(4,5)1(6)7;/h5-8,10-15H,3-4,9,16H2,1-2H3,(H,29,30);(H,6,7);1H2. The highest BCUT2D eigenvalue weighted by Crippen LogP contribution is 2.30. The van der Waals surface area contributed by atoms with Crippen molar-refractivity contribution in [3.63, 3.8) is 0 Å². The average Bonchev–Trinajstić information content (AvgIpc) is 3.24. The van der Waals surface area contributed by atoms with Gasteiger partial charge in [0.1, 0.15) is 11.6 Å². The highest BCUT2D eigenvalue weighted by atomic mass is 19.4. The molecule has 2 aromatic carbocycles. The lowest BCUT2D eigenvalue weighted by Crippen LogP contribution is -2.21. The molecule has 2 heterocycles. The first kappa shape index (κ1) is 31.6. The number of benzene rings is 2. The number of alkyl halides is 3. The first-order valence-electron chi connectivity index (χ1n) is 11.8. The summed E-state index contributed by atoms with van der Waals surface area (Å²) in [5.74, 6) is -0.884. The molecule has 13 heteroatoms. The number of hydrogen-bond acceptors (Lipinski definition) is 6. The van der Waals surface area contributed by atoms with Gasteiger partial charge in [0.2, 0.25) is 5.88 Å². The van der Waals surface area contributed by atoms with E-state index in [0.29, 0.717) is 23.8 Å². The number of halogens is 3. The third kappa shape index (κ3) is 8.17. The number of unbranched alkanes of at least 4 members (excludes halogenated alkanes) is 1. The second-order valence-electron chi connectivity index (χ2n) is 8.28. The molecule has 0 radical (unpaired) electrons. The minimum Gasteiger partial charge on any atom is -0.481 e. The first-order valence-corrected chi connectivity index (χ1v) is 11.8. The van der Waals surface area contributed by atoms with Crippen LogP contribution in [0.4, 0.5) is 18.0 Å². The van der Waals surface area contributed by atoms with Crippen LogP contribution in [0, 0.1) is 0 Å². The van der Waals surface area contributed by atoms with Crippen molar-refractivity contribution in [2.75, 3.05) is 7.11 Å². The molecule has 4 N–H and O–H groups in total. The molecule has 40 heavy (non-hydrogen) atoms. The molecule has 0 aliphatic carbocycles. The number of nitrogens with zero attached hydrogens (tertiary/aromatic N) is 3. The minimum absolute atomic E-state index is 0. The van der Waals surface area contributed by atoms with Crippen LogP contribution in [0.3, 0.4) is 0 Å². The van der Waals surface area contributed by atoms with E-state index in [1.807, 2.05) is 48.5 Å². The zero-order chi connectivity index (χ0) is 28.6. The summed E-state index contributed by atoms with van der Waals surface area (Å²) in [7, 11) is 1.60. The third-order valence-corrected chi connectivity index (χ3v) is 5.56. The number of carboxylic acids is 1. The molecular weight excluding hydrogens is 535 g/mol. The number of methoxy groups -OCH3 is 1. The zero-order valence-corrected chi connectivity index (χ0v) is 21.6. The summed E-state index contributed by atoms with van der Waals surface area (Å²) < 4.78 is 44.1. The van der Waals surface area contributed by atoms with Crippen molar-refractivity contribution in [1.29, 1.82) is 0 Å². The van der Waals surface area contributed by atoms with Crippen molar-refractivity contribution in [2.45, 2.75) is 38.9 Å². The van der Waals surface area contributed by atoms with Gasteiger partial charge in [-0.15, -0.1) is 0 Å². The number of ether oxygens (including phenoxy) is 2. The van der Waals surface area contributed by atoms with Crippen LogP contribution in [-0.4, -0.2) is 55.6 Å². The predicted molar refractivity (Wildman–Crippen MR) is 140 cm³/mol. The molecule has 2 aromatic heterocycles. The van der Waals surface area contributed by atoms with Crippen molar-refractivity contribution in [3.8, 4) is 22.8 Å². The Hall–Kier alpha value is -4.65. The lowest BCUT2D eigenvalue weighted by atomic mass is 10.0. The van der Waals surface area contributed by atoms with Gasteiger partial charge in [0.15, 0.2) is 5.65 Å². The van der Waals surface area contributed by atoms with E-state index in [9.17, 15) is 18.0 Å². The van der Waals surface area contributed by atoms with E-state index in [1.54, 1.807) is 19.2 Å². The van der Waals surface area contributed by atoms with Gasteiger partial charge in [0.05, 0.1) is 12.6 Å². The first-order chi connectivity index (χ1) is 18.5. The largest absolute Gasteiger partial charge is 0.511 e. The molecular formula is C27H28F3N3O7. The Morgan fingerprint density at radius 1 is 0.975 bits per heavy atom. The topological polar surface area (TPSA) is 155 Å². The zero-order valence-electron chi connectivity index (χ0n) is 21.6. The normalized spacial score (nSPS) is 10.7. The Morgan fingerprint density at radius 3 is 2.20 bits per heavy atom. The number of aryl methyl sites for hydroxylation is 1. The molecule has 0 atom stereocenters. The molecule has 0 unspecified atom stereocenters. The number of carbonyl (C=O) groups is 2. The molecule has 214 valence electrons. The number of aliphatic carboxylic acids is 1. The van der Waals surface area contributed by atoms with Gasteiger partial charge in [-0.25, -0.2) is 14.6 Å². The molecule has 0 aliphatic heterocycles. The van der Waals surface area contributed by atoms with Crippen LogP contribution >= 0.6 is 0 Å². The molecule has 0 saturated heterocycles. The second kappa shape index (κ2) is 13.9. The Labute approximate surface area is 226 Å². The lowest BCUT2D eigenvalue weighted by molar-refractivity contribution is -0.192. The number of imidazole rings is 1. The smallest absolute Gasteiger partial charge is 0.481 e. The fourth-order valence-corrected chi connectivity index (χ4v) is 3.71. The summed E-state index contributed by atoms with van der Waals surface area (Å²) in [6.07, 6.45) is -3.38. The Kier molecular flexibility index (Phi) is 11.0. The molecule has 0 amide bonds. The Bertz CT molecular complexity index is 1440. The van der Waals surface area contributed by atoms with E-state index in [2.05, 4.69) is 16.5 Å². The van der Waals surface area contributed by atoms with Crippen LogP contribution in [0.15, 0.2) is 60.7 Å². The molecule has 10 nitrogen and oxygen atoms in total. The summed E-state index contributed by atoms with van der Waals surface area (Å²) in [5, 5.41) is 16.1. The van der Waals surface area contributed by atoms with Crippen molar-refractivity contribution < 1.29 is 47.9 Å². The van der Waals surface area contributed by atoms with Crippen molar-refractivity contribution in [1.82, 2.24) is 14.5 Å². The predicted octanol–water partition coefficient (Wildman–Crippen LogP) is 5.36. The van der Waals surface area contributed by atoms with Crippen LogP contribution in [0.25, 0.3) is 22.3 Å². The second-order valence-corrected chi connectivity index (χ2v) is 8.28. The summed E-state index contributed by atoms with van der Waals surface area (Å²) >= 11 is 0. The maximum absolute atomic E-state index is 11.0. The van der Waals surface area contributed by atoms with Gasteiger partial charge in [-0.1, -0.05) is 55.8 Å². The number of pyridine rings is 1. The summed E-state index contributed by atoms with van der Waals surface area (Å²) in [4.78, 5) is 29.1. The van der Waals surface area contributed by atoms with Crippen LogP contribution in [0.1, 0.15) is 31.2 Å². The number of hydrogen-bond donors (Lipinski definition) is 2. The quantitative estimate of drug-likeness (QED) is 0.214. The van der Waals surface area contributed by atoms with E-state index in [-0.39, 0.29) is 5.48 Å². The van der Waals surface area contributed by atoms with Crippen LogP contribution in [0.5, 0.6) is 11.6 Å². The highest BCUT2D eigenvalue weighted by Gasteiger charge is 2.38. The molecule has 0 aliphatic rings. The number of fused-ring (bicyclic) bond motifs is 1. The molecule has 0 bridgehead atoms. The van der Waals surface area contributed by atoms with E-state index < -0.39 is 18.3 Å². The summed E-state index contributed by atoms with van der Waals surface area (Å²) in [6.45, 7) is 2.83. The van der Waals surface area contributed by atoms with Crippen molar-refractivity contribution in [2.24, 2.45) is 0 Å². The van der Waals surface area contributed by atoms with E-state index in [4.69, 9.17) is 29.5 Å². The molecule has 4 rings (SSSR count). The van der Waals surface area contributed by atoms with Gasteiger partial charge < -0.3 is 29.7 Å². The average molecular weight is 564 g/mol. The number of carboxylic acid groups (broad SMARTS) is 2. The van der Waals surface area contributed by atoms with Crippen molar-refractivity contribution in [3.05, 3.63) is 72.1 Å². The number of aromatic nitrogens is 3. The maximum atomic E-state index is 11.0. The van der Waals surface area contributed by atoms with Crippen LogP contribution < -0.4 is 9.47 Å². The van der Waals surface area contributed by atoms with Gasteiger partial charge >= 0.3 is 18.3 Å². The monoisotopic (exact) mass is 563 g/mol. The summed E-state index contributed by atoms with van der Waals surface area (Å²) in [6, 6.07) is 19.0. The maximum Gasteiger partial charge on any atom is 0.511 e. The number of rotatable bonds is 8. The lowest BCUT2D eigenvalue weighted by Gasteiger charge is -2.11. The molecule has 0 fully saturated rings. The van der Waals surface area contributed by atoms with Gasteiger partial charge in [-0.2, -0.15) is 18.2 Å². The summed E-state index contributed by atoms with van der Waals surface area (Å²) in [5.41, 5.74) is 4.39. The fourth-order valence-electron chi connectivity index (χ4n) is 3.71. The van der Waals surface area contributed by atoms with Crippen molar-refractivity contribution >= 4 is 23.3 Å². The van der Waals surface area contributed by atoms with E-state index >= 15 is 0 Å². The highest BCUT2D eigenvalue weighted by molar-refractivity contribution is 5.75. The number of para-hydroxylation sites is 1. The van der Waals surface area contributed by atoms with Gasteiger partial charge in [0, 0.05) is 24.6 Å². The van der Waals surface area contributed by atoms with Gasteiger partial charge in [-0.3, -0.25) is 0 Å². The molecule has 4 aromatic rings. The van der Waals surface area contributed by atoms with E-state index in [0.717, 1.165) is 47.3 Å². The van der Waals surface area contributed by atoms with Gasteiger partial charge in [-0.05, 0) is 29.7 Å². The van der Waals surface area contributed by atoms with Gasteiger partial charge in [0.25, 0.3) is 0 Å². The Morgan fingerprint density at radius 2 is 1.62 bits per heavy atom. The SMILES string of the molecule is CCCCc1nc2nc(OC)ccc2n1Cc1ccc(-c2ccccc2OC(=O)O)cc1.O.O=C(O)C(F)(F)F. The Balaban J connectivity index is 0.000000623.